The van der Waals surface area contributed by atoms with Crippen LogP contribution in [0, 0.1) is 12.7 Å². The number of pyridine rings is 2. The second kappa shape index (κ2) is 6.08. The van der Waals surface area contributed by atoms with Gasteiger partial charge in [-0.1, -0.05) is 6.07 Å². The van der Waals surface area contributed by atoms with E-state index in [1.807, 2.05) is 13.0 Å². The number of nitrogen functional groups attached to an aromatic ring is 1. The molecule has 0 bridgehead atoms. The Morgan fingerprint density at radius 2 is 1.88 bits per heavy atom. The highest BCUT2D eigenvalue weighted by Crippen LogP contribution is 2.34. The molecule has 2 heterocycles. The maximum atomic E-state index is 14.0. The van der Waals surface area contributed by atoms with Crippen LogP contribution in [0.1, 0.15) is 16.1 Å². The van der Waals surface area contributed by atoms with Crippen molar-refractivity contribution in [3.05, 3.63) is 65.9 Å². The summed E-state index contributed by atoms with van der Waals surface area (Å²) in [6, 6.07) is 9.31. The summed E-state index contributed by atoms with van der Waals surface area (Å²) in [5.74, 6) is -1.68. The molecule has 0 unspecified atom stereocenters. The lowest BCUT2D eigenvalue weighted by atomic mass is 9.94. The van der Waals surface area contributed by atoms with E-state index in [0.717, 1.165) is 22.4 Å². The van der Waals surface area contributed by atoms with Gasteiger partial charge in [-0.15, -0.1) is 0 Å². The normalized spacial score (nSPS) is 10.6. The largest absolute Gasteiger partial charge is 0.478 e. The van der Waals surface area contributed by atoms with E-state index >= 15 is 0 Å². The third-order valence-electron chi connectivity index (χ3n) is 3.73. The van der Waals surface area contributed by atoms with E-state index in [2.05, 4.69) is 9.97 Å². The third-order valence-corrected chi connectivity index (χ3v) is 3.73. The van der Waals surface area contributed by atoms with Crippen molar-refractivity contribution in [2.24, 2.45) is 0 Å². The molecule has 1 aromatic carbocycles. The second-order valence-corrected chi connectivity index (χ2v) is 5.29. The Labute approximate surface area is 137 Å². The summed E-state index contributed by atoms with van der Waals surface area (Å²) in [6.07, 6.45) is 3.26. The van der Waals surface area contributed by atoms with E-state index in [4.69, 9.17) is 10.8 Å². The lowest BCUT2D eigenvalue weighted by Gasteiger charge is -2.13. The summed E-state index contributed by atoms with van der Waals surface area (Å²) in [7, 11) is 0. The van der Waals surface area contributed by atoms with Crippen LogP contribution in [0.3, 0.4) is 0 Å². The smallest absolute Gasteiger partial charge is 0.338 e. The third kappa shape index (κ3) is 2.81. The van der Waals surface area contributed by atoms with E-state index in [0.29, 0.717) is 11.4 Å². The van der Waals surface area contributed by atoms with Crippen LogP contribution >= 0.6 is 0 Å². The first kappa shape index (κ1) is 15.6. The molecular weight excluding hydrogens is 309 g/mol. The molecule has 0 aliphatic heterocycles. The number of aromatic carboxylic acids is 1. The van der Waals surface area contributed by atoms with Gasteiger partial charge in [-0.3, -0.25) is 4.98 Å². The maximum absolute atomic E-state index is 14.0. The van der Waals surface area contributed by atoms with Crippen molar-refractivity contribution in [2.45, 2.75) is 6.92 Å². The van der Waals surface area contributed by atoms with Crippen molar-refractivity contribution < 1.29 is 14.3 Å². The van der Waals surface area contributed by atoms with Crippen LogP contribution in [0.5, 0.6) is 0 Å². The van der Waals surface area contributed by atoms with Crippen LogP contribution in [-0.4, -0.2) is 21.0 Å². The molecule has 0 saturated heterocycles. The summed E-state index contributed by atoms with van der Waals surface area (Å²) in [5.41, 5.74) is 8.92. The molecule has 0 aliphatic carbocycles. The summed E-state index contributed by atoms with van der Waals surface area (Å²) >= 11 is 0. The predicted octanol–water partition coefficient (Wildman–Crippen LogP) is 3.54. The first-order valence-electron chi connectivity index (χ1n) is 7.18. The average Bonchev–Trinajstić information content (AvgIpc) is 2.55. The Hall–Kier alpha value is -3.28. The Balaban J connectivity index is 2.19. The van der Waals surface area contributed by atoms with Gasteiger partial charge in [0.2, 0.25) is 0 Å². The number of aromatic nitrogens is 2. The van der Waals surface area contributed by atoms with Gasteiger partial charge in [-0.25, -0.2) is 14.2 Å². The van der Waals surface area contributed by atoms with Gasteiger partial charge in [0.1, 0.15) is 11.6 Å². The van der Waals surface area contributed by atoms with Gasteiger partial charge >= 0.3 is 5.97 Å². The molecule has 3 rings (SSSR count). The minimum atomic E-state index is -1.30. The number of carbonyl (C=O) groups is 1. The van der Waals surface area contributed by atoms with Gasteiger partial charge in [-0.05, 0) is 48.4 Å². The van der Waals surface area contributed by atoms with Crippen molar-refractivity contribution in [1.29, 1.82) is 0 Å². The fourth-order valence-electron chi connectivity index (χ4n) is 2.58. The number of carboxylic acid groups (broad SMARTS) is 1. The van der Waals surface area contributed by atoms with Crippen LogP contribution in [0.25, 0.3) is 22.3 Å². The topological polar surface area (TPSA) is 89.1 Å². The summed E-state index contributed by atoms with van der Waals surface area (Å²) in [4.78, 5) is 19.3. The van der Waals surface area contributed by atoms with Gasteiger partial charge in [0.15, 0.2) is 0 Å². The number of anilines is 1. The molecule has 0 aliphatic rings. The molecule has 0 spiro atoms. The number of nitrogens with zero attached hydrogens (tertiary/aromatic N) is 2. The number of hydrogen-bond acceptors (Lipinski definition) is 4. The van der Waals surface area contributed by atoms with E-state index in [-0.39, 0.29) is 5.56 Å². The van der Waals surface area contributed by atoms with Crippen LogP contribution in [0.4, 0.5) is 10.2 Å². The molecule has 0 radical (unpaired) electrons. The van der Waals surface area contributed by atoms with Crippen molar-refractivity contribution in [2.75, 3.05) is 5.73 Å². The number of nitrogens with two attached hydrogens (primary N) is 1. The Bertz CT molecular complexity index is 924. The molecule has 2 aromatic heterocycles. The highest BCUT2D eigenvalue weighted by atomic mass is 19.1. The van der Waals surface area contributed by atoms with Crippen LogP contribution in [0.15, 0.2) is 48.8 Å². The van der Waals surface area contributed by atoms with Crippen molar-refractivity contribution in [1.82, 2.24) is 9.97 Å². The van der Waals surface area contributed by atoms with Gasteiger partial charge in [0.05, 0.1) is 5.56 Å². The fraction of sp³-hybridized carbons (Fsp3) is 0.0556. The van der Waals surface area contributed by atoms with Crippen molar-refractivity contribution in [3.8, 4) is 22.3 Å². The number of hydrogen-bond donors (Lipinski definition) is 2. The lowest BCUT2D eigenvalue weighted by molar-refractivity contribution is 0.0692. The molecule has 24 heavy (non-hydrogen) atoms. The number of rotatable bonds is 3. The second-order valence-electron chi connectivity index (χ2n) is 5.29. The Kier molecular flexibility index (Phi) is 3.95. The number of aryl methyl sites for hydroxylation is 1. The molecule has 3 N–H and O–H groups in total. The summed E-state index contributed by atoms with van der Waals surface area (Å²) < 4.78 is 14.0. The first-order valence-corrected chi connectivity index (χ1v) is 7.18. The van der Waals surface area contributed by atoms with Gasteiger partial charge < -0.3 is 10.8 Å². The SMILES string of the molecule is Cc1nccc(-c2ccc(C(=O)O)c(F)c2)c1-c1ccc(N)nc1. The zero-order chi connectivity index (χ0) is 17.3. The summed E-state index contributed by atoms with van der Waals surface area (Å²) in [6.45, 7) is 1.84. The highest BCUT2D eigenvalue weighted by Gasteiger charge is 2.15. The molecule has 0 atom stereocenters. The lowest BCUT2D eigenvalue weighted by Crippen LogP contribution is -2.01. The molecule has 6 heteroatoms. The molecular formula is C18H14FN3O2. The van der Waals surface area contributed by atoms with Gasteiger partial charge in [0, 0.05) is 29.2 Å². The van der Waals surface area contributed by atoms with E-state index < -0.39 is 11.8 Å². The minimum absolute atomic E-state index is 0.361. The molecule has 0 saturated carbocycles. The van der Waals surface area contributed by atoms with Crippen molar-refractivity contribution >= 4 is 11.8 Å². The zero-order valence-electron chi connectivity index (χ0n) is 12.8. The Morgan fingerprint density at radius 1 is 1.12 bits per heavy atom. The van der Waals surface area contributed by atoms with E-state index in [1.165, 1.54) is 12.1 Å². The molecule has 120 valence electrons. The number of halogens is 1. The van der Waals surface area contributed by atoms with E-state index in [1.54, 1.807) is 30.6 Å². The molecule has 3 aromatic rings. The average molecular weight is 323 g/mol. The molecule has 0 amide bonds. The minimum Gasteiger partial charge on any atom is -0.478 e. The number of carboxylic acids is 1. The molecule has 0 fully saturated rings. The highest BCUT2D eigenvalue weighted by molar-refractivity contribution is 5.90. The van der Waals surface area contributed by atoms with Crippen molar-refractivity contribution in [3.63, 3.8) is 0 Å². The fourth-order valence-corrected chi connectivity index (χ4v) is 2.58. The first-order chi connectivity index (χ1) is 11.5. The maximum Gasteiger partial charge on any atom is 0.338 e. The predicted molar refractivity (Wildman–Crippen MR) is 89.0 cm³/mol. The van der Waals surface area contributed by atoms with E-state index in [9.17, 15) is 9.18 Å². The zero-order valence-corrected chi connectivity index (χ0v) is 12.8. The molecule has 5 nitrogen and oxygen atoms in total. The van der Waals surface area contributed by atoms with Crippen LogP contribution < -0.4 is 5.73 Å². The summed E-state index contributed by atoms with van der Waals surface area (Å²) in [5, 5.41) is 8.96. The van der Waals surface area contributed by atoms with Gasteiger partial charge in [-0.2, -0.15) is 0 Å². The number of benzene rings is 1. The quantitative estimate of drug-likeness (QED) is 0.769. The van der Waals surface area contributed by atoms with Crippen LogP contribution in [0.2, 0.25) is 0 Å². The Morgan fingerprint density at radius 3 is 2.50 bits per heavy atom. The van der Waals surface area contributed by atoms with Crippen LogP contribution in [-0.2, 0) is 0 Å². The standard InChI is InChI=1S/C18H14FN3O2/c1-10-17(12-3-5-16(20)22-9-12)13(6-7-21-10)11-2-4-14(18(23)24)15(19)8-11/h2-9H,1H3,(H2,20,22)(H,23,24). The van der Waals surface area contributed by atoms with Gasteiger partial charge in [0.25, 0.3) is 0 Å². The monoisotopic (exact) mass is 323 g/mol.